The molecule has 2 aromatic rings. The SMILES string of the molecule is COc1ccc(COc2ccc(C[C@@H](C#N)N[S@@+]([O-])C(C)(C)C)cc2)cc1. The van der Waals surface area contributed by atoms with Crippen molar-refractivity contribution in [1.29, 1.82) is 5.26 Å². The van der Waals surface area contributed by atoms with Crippen LogP contribution in [0.2, 0.25) is 0 Å². The van der Waals surface area contributed by atoms with Crippen LogP contribution in [-0.4, -0.2) is 22.5 Å². The molecule has 2 rings (SSSR count). The first-order valence-electron chi connectivity index (χ1n) is 8.74. The molecule has 0 aliphatic heterocycles. The molecule has 2 atom stereocenters. The highest BCUT2D eigenvalue weighted by molar-refractivity contribution is 7.90. The summed E-state index contributed by atoms with van der Waals surface area (Å²) in [5.41, 5.74) is 2.04. The van der Waals surface area contributed by atoms with Crippen LogP contribution in [0.5, 0.6) is 11.5 Å². The summed E-state index contributed by atoms with van der Waals surface area (Å²) in [6, 6.07) is 17.0. The van der Waals surface area contributed by atoms with Crippen molar-refractivity contribution in [2.24, 2.45) is 0 Å². The molecule has 0 radical (unpaired) electrons. The second kappa shape index (κ2) is 9.65. The highest BCUT2D eigenvalue weighted by atomic mass is 32.2. The number of methoxy groups -OCH3 is 1. The molecule has 0 aliphatic carbocycles. The summed E-state index contributed by atoms with van der Waals surface area (Å²) in [4.78, 5) is 0. The van der Waals surface area contributed by atoms with Crippen molar-refractivity contribution in [3.8, 4) is 17.6 Å². The number of hydrogen-bond acceptors (Lipinski definition) is 5. The number of nitrogens with one attached hydrogen (secondary N) is 1. The predicted molar refractivity (Wildman–Crippen MR) is 108 cm³/mol. The predicted octanol–water partition coefficient (Wildman–Crippen LogP) is 3.76. The van der Waals surface area contributed by atoms with Crippen molar-refractivity contribution in [3.05, 3.63) is 59.7 Å². The van der Waals surface area contributed by atoms with Gasteiger partial charge in [-0.2, -0.15) is 5.26 Å². The molecule has 0 spiro atoms. The molecule has 0 fully saturated rings. The molecule has 0 saturated carbocycles. The Hall–Kier alpha value is -2.20. The summed E-state index contributed by atoms with van der Waals surface area (Å²) in [7, 11) is 1.64. The number of rotatable bonds is 8. The van der Waals surface area contributed by atoms with Crippen LogP contribution in [0.15, 0.2) is 48.5 Å². The summed E-state index contributed by atoms with van der Waals surface area (Å²) in [5, 5.41) is 9.32. The van der Waals surface area contributed by atoms with Crippen LogP contribution < -0.4 is 14.2 Å². The van der Waals surface area contributed by atoms with E-state index in [-0.39, 0.29) is 0 Å². The highest BCUT2D eigenvalue weighted by Gasteiger charge is 2.29. The minimum atomic E-state index is -1.28. The number of hydrogen-bond donors (Lipinski definition) is 1. The van der Waals surface area contributed by atoms with E-state index >= 15 is 0 Å². The number of nitriles is 1. The lowest BCUT2D eigenvalue weighted by molar-refractivity contribution is 0.306. The Morgan fingerprint density at radius 3 is 2.11 bits per heavy atom. The van der Waals surface area contributed by atoms with Crippen LogP contribution >= 0.6 is 0 Å². The fourth-order valence-corrected chi connectivity index (χ4v) is 3.01. The Labute approximate surface area is 164 Å². The van der Waals surface area contributed by atoms with Crippen molar-refractivity contribution in [3.63, 3.8) is 0 Å². The molecule has 2 aromatic carbocycles. The Kier molecular flexibility index (Phi) is 7.55. The van der Waals surface area contributed by atoms with Gasteiger partial charge in [0.2, 0.25) is 0 Å². The molecule has 0 bridgehead atoms. The second-order valence-electron chi connectivity index (χ2n) is 7.17. The molecule has 6 heteroatoms. The van der Waals surface area contributed by atoms with Gasteiger partial charge in [-0.3, -0.25) is 0 Å². The number of ether oxygens (including phenoxy) is 2. The van der Waals surface area contributed by atoms with Crippen molar-refractivity contribution >= 4 is 11.4 Å². The zero-order chi connectivity index (χ0) is 19.9. The van der Waals surface area contributed by atoms with Crippen molar-refractivity contribution in [2.45, 2.75) is 44.6 Å². The van der Waals surface area contributed by atoms with E-state index in [4.69, 9.17) is 9.47 Å². The highest BCUT2D eigenvalue weighted by Crippen LogP contribution is 2.18. The molecule has 0 aliphatic rings. The maximum atomic E-state index is 12.2. The topological polar surface area (TPSA) is 77.3 Å². The van der Waals surface area contributed by atoms with Crippen LogP contribution in [0.3, 0.4) is 0 Å². The Morgan fingerprint density at radius 1 is 1.04 bits per heavy atom. The van der Waals surface area contributed by atoms with Crippen LogP contribution in [0.4, 0.5) is 0 Å². The summed E-state index contributed by atoms with van der Waals surface area (Å²) in [5.74, 6) is 1.57. The smallest absolute Gasteiger partial charge is 0.143 e. The van der Waals surface area contributed by atoms with Crippen LogP contribution in [0.1, 0.15) is 31.9 Å². The maximum Gasteiger partial charge on any atom is 0.143 e. The Bertz CT molecular complexity index is 749. The van der Waals surface area contributed by atoms with E-state index in [2.05, 4.69) is 10.8 Å². The standard InChI is InChI=1S/C21H26N2O3S/c1-21(2,3)27(24)23-18(14-22)13-16-5-11-20(12-6-16)26-15-17-7-9-19(25-4)10-8-17/h5-12,18,23H,13,15H2,1-4H3/t18-,27-/m0/s1. The minimum absolute atomic E-state index is 0.408. The lowest BCUT2D eigenvalue weighted by Gasteiger charge is -2.25. The van der Waals surface area contributed by atoms with E-state index in [0.29, 0.717) is 13.0 Å². The van der Waals surface area contributed by atoms with E-state index in [0.717, 1.165) is 22.6 Å². The zero-order valence-electron chi connectivity index (χ0n) is 16.2. The van der Waals surface area contributed by atoms with Crippen LogP contribution in [-0.2, 0) is 24.4 Å². The summed E-state index contributed by atoms with van der Waals surface area (Å²) >= 11 is -1.28. The molecular weight excluding hydrogens is 360 g/mol. The zero-order valence-corrected chi connectivity index (χ0v) is 17.0. The van der Waals surface area contributed by atoms with Crippen LogP contribution in [0.25, 0.3) is 0 Å². The van der Waals surface area contributed by atoms with Gasteiger partial charge in [-0.05, 0) is 56.2 Å². The normalized spacial score (nSPS) is 13.5. The van der Waals surface area contributed by atoms with Crippen molar-refractivity contribution in [2.75, 3.05) is 7.11 Å². The number of benzene rings is 2. The van der Waals surface area contributed by atoms with E-state index in [1.807, 2.05) is 69.3 Å². The largest absolute Gasteiger partial charge is 0.598 e. The van der Waals surface area contributed by atoms with E-state index in [1.165, 1.54) is 0 Å². The van der Waals surface area contributed by atoms with E-state index in [1.54, 1.807) is 7.11 Å². The summed E-state index contributed by atoms with van der Waals surface area (Å²) in [6.07, 6.45) is 0.483. The van der Waals surface area contributed by atoms with Gasteiger partial charge in [0.05, 0.1) is 13.2 Å². The number of nitrogens with zero attached hydrogens (tertiary/aromatic N) is 1. The van der Waals surface area contributed by atoms with E-state index < -0.39 is 22.2 Å². The lowest BCUT2D eigenvalue weighted by Crippen LogP contribution is -2.44. The first-order valence-corrected chi connectivity index (χ1v) is 9.89. The lowest BCUT2D eigenvalue weighted by atomic mass is 10.1. The second-order valence-corrected chi connectivity index (χ2v) is 9.16. The van der Waals surface area contributed by atoms with E-state index in [9.17, 15) is 9.81 Å². The molecule has 27 heavy (non-hydrogen) atoms. The van der Waals surface area contributed by atoms with Gasteiger partial charge in [0.1, 0.15) is 28.9 Å². The molecular formula is C21H26N2O3S. The summed E-state index contributed by atoms with van der Waals surface area (Å²) in [6.45, 7) is 6.09. The molecule has 144 valence electrons. The van der Waals surface area contributed by atoms with Gasteiger partial charge in [0.15, 0.2) is 0 Å². The molecule has 0 unspecified atom stereocenters. The van der Waals surface area contributed by atoms with Gasteiger partial charge in [0.25, 0.3) is 0 Å². The third-order valence-electron chi connectivity index (χ3n) is 3.89. The van der Waals surface area contributed by atoms with Gasteiger partial charge in [-0.15, -0.1) is 4.72 Å². The van der Waals surface area contributed by atoms with Gasteiger partial charge in [-0.1, -0.05) is 24.3 Å². The average Bonchev–Trinajstić information content (AvgIpc) is 2.66. The van der Waals surface area contributed by atoms with Gasteiger partial charge < -0.3 is 14.0 Å². The van der Waals surface area contributed by atoms with Crippen LogP contribution in [0, 0.1) is 11.3 Å². The molecule has 5 nitrogen and oxygen atoms in total. The maximum absolute atomic E-state index is 12.2. The fraction of sp³-hybridized carbons (Fsp3) is 0.381. The average molecular weight is 387 g/mol. The summed E-state index contributed by atoms with van der Waals surface area (Å²) < 4.78 is 25.6. The molecule has 0 heterocycles. The van der Waals surface area contributed by atoms with Gasteiger partial charge in [-0.25, -0.2) is 0 Å². The first-order chi connectivity index (χ1) is 12.8. The fourth-order valence-electron chi connectivity index (χ4n) is 2.27. The van der Waals surface area contributed by atoms with Crippen molar-refractivity contribution < 1.29 is 14.0 Å². The van der Waals surface area contributed by atoms with Gasteiger partial charge in [0, 0.05) is 17.8 Å². The molecule has 1 N–H and O–H groups in total. The quantitative estimate of drug-likeness (QED) is 0.699. The van der Waals surface area contributed by atoms with Crippen molar-refractivity contribution in [1.82, 2.24) is 4.72 Å². The third-order valence-corrected chi connectivity index (χ3v) is 5.50. The first kappa shape index (κ1) is 21.1. The third kappa shape index (κ3) is 6.79. The Balaban J connectivity index is 1.89. The Morgan fingerprint density at radius 2 is 1.59 bits per heavy atom. The minimum Gasteiger partial charge on any atom is -0.598 e. The molecule has 0 saturated heterocycles. The molecule has 0 amide bonds. The van der Waals surface area contributed by atoms with Gasteiger partial charge >= 0.3 is 0 Å². The molecule has 0 aromatic heterocycles. The monoisotopic (exact) mass is 386 g/mol.